The Kier molecular flexibility index (Phi) is 4.65. The number of carbonyl (C=O) groups excluding carboxylic acids is 1. The fourth-order valence-corrected chi connectivity index (χ4v) is 3.85. The van der Waals surface area contributed by atoms with Gasteiger partial charge in [0.2, 0.25) is 5.89 Å². The maximum Gasteiger partial charge on any atom is 0.314 e. The molecule has 0 radical (unpaired) electrons. The highest BCUT2D eigenvalue weighted by atomic mass is 32.2. The molecule has 0 fully saturated rings. The zero-order valence-corrected chi connectivity index (χ0v) is 16.0. The van der Waals surface area contributed by atoms with Crippen LogP contribution in [-0.2, 0) is 22.9 Å². The van der Waals surface area contributed by atoms with Crippen molar-refractivity contribution < 1.29 is 26.4 Å². The first kappa shape index (κ1) is 19.2. The molecule has 0 saturated carbocycles. The van der Waals surface area contributed by atoms with Crippen LogP contribution in [0.1, 0.15) is 33.8 Å². The Morgan fingerprint density at radius 1 is 1.17 bits per heavy atom. The molecular weight excluding hydrogens is 404 g/mol. The molecule has 0 N–H and O–H groups in total. The minimum atomic E-state index is -3.35. The van der Waals surface area contributed by atoms with Gasteiger partial charge < -0.3 is 9.32 Å². The summed E-state index contributed by atoms with van der Waals surface area (Å²) in [4.78, 5) is 14.6. The molecule has 29 heavy (non-hydrogen) atoms. The number of alkyl halides is 2. The van der Waals surface area contributed by atoms with E-state index in [0.717, 1.165) is 11.8 Å². The number of sulfone groups is 1. The lowest BCUT2D eigenvalue weighted by molar-refractivity contribution is 0.0766. The van der Waals surface area contributed by atoms with Crippen molar-refractivity contribution in [3.8, 4) is 11.5 Å². The van der Waals surface area contributed by atoms with Crippen molar-refractivity contribution in [3.05, 3.63) is 65.0 Å². The Bertz CT molecular complexity index is 1210. The van der Waals surface area contributed by atoms with Crippen molar-refractivity contribution in [2.45, 2.75) is 24.4 Å². The van der Waals surface area contributed by atoms with Crippen LogP contribution in [0.3, 0.4) is 0 Å². The molecule has 4 rings (SSSR count). The van der Waals surface area contributed by atoms with E-state index >= 15 is 0 Å². The van der Waals surface area contributed by atoms with E-state index in [1.54, 1.807) is 35.2 Å². The minimum absolute atomic E-state index is 0.0878. The van der Waals surface area contributed by atoms with E-state index in [1.807, 2.05) is 0 Å². The standard InChI is InChI=1S/C19H15F2N3O4S/c1-29(26,27)14-4-2-3-11(7-14)9-24-10-13-6-5-12(8-15(13)19(24)25)17-22-23-18(28-17)16(20)21/h2-8,16H,9-10H2,1H3. The first-order chi connectivity index (χ1) is 13.7. The van der Waals surface area contributed by atoms with Gasteiger partial charge in [0.15, 0.2) is 9.84 Å². The molecule has 0 atom stereocenters. The first-order valence-corrected chi connectivity index (χ1v) is 10.4. The Balaban J connectivity index is 1.57. The molecule has 1 aliphatic rings. The molecule has 1 aliphatic heterocycles. The van der Waals surface area contributed by atoms with Gasteiger partial charge in [0.1, 0.15) is 0 Å². The fraction of sp³-hybridized carbons (Fsp3) is 0.211. The van der Waals surface area contributed by atoms with Crippen LogP contribution >= 0.6 is 0 Å². The van der Waals surface area contributed by atoms with Gasteiger partial charge >= 0.3 is 6.43 Å². The van der Waals surface area contributed by atoms with E-state index in [1.165, 1.54) is 12.1 Å². The molecule has 1 amide bonds. The maximum atomic E-state index is 12.8. The summed E-state index contributed by atoms with van der Waals surface area (Å²) >= 11 is 0. The van der Waals surface area contributed by atoms with E-state index in [2.05, 4.69) is 10.2 Å². The smallest absolute Gasteiger partial charge is 0.314 e. The van der Waals surface area contributed by atoms with Gasteiger partial charge in [-0.2, -0.15) is 8.78 Å². The van der Waals surface area contributed by atoms with E-state index in [-0.39, 0.29) is 23.2 Å². The SMILES string of the molecule is CS(=O)(=O)c1cccc(CN2Cc3ccc(-c4nnc(C(F)F)o4)cc3C2=O)c1. The monoisotopic (exact) mass is 419 g/mol. The van der Waals surface area contributed by atoms with Crippen LogP contribution in [0.4, 0.5) is 8.78 Å². The molecule has 0 bridgehead atoms. The Morgan fingerprint density at radius 2 is 1.97 bits per heavy atom. The highest BCUT2D eigenvalue weighted by Crippen LogP contribution is 2.30. The zero-order chi connectivity index (χ0) is 20.8. The van der Waals surface area contributed by atoms with Crippen molar-refractivity contribution in [3.63, 3.8) is 0 Å². The van der Waals surface area contributed by atoms with Crippen LogP contribution < -0.4 is 0 Å². The van der Waals surface area contributed by atoms with Gasteiger partial charge in [0, 0.05) is 30.5 Å². The van der Waals surface area contributed by atoms with Gasteiger partial charge in [-0.25, -0.2) is 8.42 Å². The zero-order valence-electron chi connectivity index (χ0n) is 15.2. The van der Waals surface area contributed by atoms with Gasteiger partial charge in [-0.1, -0.05) is 18.2 Å². The summed E-state index contributed by atoms with van der Waals surface area (Å²) in [5, 5.41) is 6.89. The van der Waals surface area contributed by atoms with E-state index in [0.29, 0.717) is 23.2 Å². The Morgan fingerprint density at radius 3 is 2.66 bits per heavy atom. The van der Waals surface area contributed by atoms with Crippen LogP contribution in [0.15, 0.2) is 51.8 Å². The van der Waals surface area contributed by atoms with Crippen molar-refractivity contribution >= 4 is 15.7 Å². The number of hydrogen-bond acceptors (Lipinski definition) is 6. The normalized spacial score (nSPS) is 13.9. The van der Waals surface area contributed by atoms with Crippen molar-refractivity contribution in [1.29, 1.82) is 0 Å². The molecule has 2 aromatic carbocycles. The lowest BCUT2D eigenvalue weighted by atomic mass is 10.1. The number of carbonyl (C=O) groups is 1. The highest BCUT2D eigenvalue weighted by Gasteiger charge is 2.28. The number of nitrogens with zero attached hydrogens (tertiary/aromatic N) is 3. The summed E-state index contributed by atoms with van der Waals surface area (Å²) in [7, 11) is -3.35. The first-order valence-electron chi connectivity index (χ1n) is 8.55. The predicted molar refractivity (Wildman–Crippen MR) is 97.8 cm³/mol. The Labute approximate surface area is 164 Å². The van der Waals surface area contributed by atoms with Crippen molar-refractivity contribution in [1.82, 2.24) is 15.1 Å². The summed E-state index contributed by atoms with van der Waals surface area (Å²) in [5.41, 5.74) is 2.25. The average Bonchev–Trinajstić information content (AvgIpc) is 3.27. The molecule has 3 aromatic rings. The molecular formula is C19H15F2N3O4S. The number of halogens is 2. The van der Waals surface area contributed by atoms with Crippen LogP contribution in [0.5, 0.6) is 0 Å². The van der Waals surface area contributed by atoms with E-state index in [4.69, 9.17) is 4.42 Å². The lowest BCUT2D eigenvalue weighted by Gasteiger charge is -2.16. The predicted octanol–water partition coefficient (Wildman–Crippen LogP) is 3.23. The molecule has 0 aliphatic carbocycles. The molecule has 1 aromatic heterocycles. The van der Waals surface area contributed by atoms with Gasteiger partial charge in [0.25, 0.3) is 11.8 Å². The van der Waals surface area contributed by atoms with E-state index < -0.39 is 22.2 Å². The number of rotatable bonds is 5. The molecule has 0 spiro atoms. The Hall–Kier alpha value is -3.14. The van der Waals surface area contributed by atoms with Crippen LogP contribution in [0.2, 0.25) is 0 Å². The number of fused-ring (bicyclic) bond motifs is 1. The third kappa shape index (κ3) is 3.75. The number of aromatic nitrogens is 2. The second-order valence-corrected chi connectivity index (χ2v) is 8.71. The van der Waals surface area contributed by atoms with Crippen LogP contribution in [0.25, 0.3) is 11.5 Å². The largest absolute Gasteiger partial charge is 0.415 e. The quantitative estimate of drug-likeness (QED) is 0.630. The fourth-order valence-electron chi connectivity index (χ4n) is 3.16. The minimum Gasteiger partial charge on any atom is -0.415 e. The number of hydrogen-bond donors (Lipinski definition) is 0. The third-order valence-electron chi connectivity index (χ3n) is 4.56. The topological polar surface area (TPSA) is 93.4 Å². The summed E-state index contributed by atoms with van der Waals surface area (Å²) in [6.45, 7) is 0.589. The van der Waals surface area contributed by atoms with E-state index in [9.17, 15) is 22.0 Å². The summed E-state index contributed by atoms with van der Waals surface area (Å²) in [5.74, 6) is -1.12. The summed E-state index contributed by atoms with van der Waals surface area (Å²) in [6.07, 6.45) is -1.74. The van der Waals surface area contributed by atoms with Gasteiger partial charge in [0.05, 0.1) is 4.90 Å². The van der Waals surface area contributed by atoms with Crippen molar-refractivity contribution in [2.75, 3.05) is 6.26 Å². The summed E-state index contributed by atoms with van der Waals surface area (Å²) < 4.78 is 53.7. The van der Waals surface area contributed by atoms with Gasteiger partial charge in [-0.3, -0.25) is 4.79 Å². The third-order valence-corrected chi connectivity index (χ3v) is 5.67. The molecule has 0 saturated heterocycles. The van der Waals surface area contributed by atoms with Gasteiger partial charge in [-0.15, -0.1) is 10.2 Å². The molecule has 150 valence electrons. The van der Waals surface area contributed by atoms with Gasteiger partial charge in [-0.05, 0) is 35.4 Å². The average molecular weight is 419 g/mol. The summed E-state index contributed by atoms with van der Waals surface area (Å²) in [6, 6.07) is 11.3. The molecule has 0 unspecified atom stereocenters. The molecule has 2 heterocycles. The molecule has 7 nitrogen and oxygen atoms in total. The number of benzene rings is 2. The second kappa shape index (κ2) is 7.03. The van der Waals surface area contributed by atoms with Crippen LogP contribution in [-0.4, -0.2) is 35.7 Å². The van der Waals surface area contributed by atoms with Crippen molar-refractivity contribution in [2.24, 2.45) is 0 Å². The molecule has 10 heteroatoms. The maximum absolute atomic E-state index is 12.8. The lowest BCUT2D eigenvalue weighted by Crippen LogP contribution is -2.23. The number of amides is 1. The van der Waals surface area contributed by atoms with Crippen LogP contribution in [0, 0.1) is 0 Å². The second-order valence-electron chi connectivity index (χ2n) is 6.70. The highest BCUT2D eigenvalue weighted by molar-refractivity contribution is 7.90.